The highest BCUT2D eigenvalue weighted by Gasteiger charge is 2.13. The molecule has 108 valence electrons. The fourth-order valence-electron chi connectivity index (χ4n) is 2.00. The minimum absolute atomic E-state index is 0.199. The van der Waals surface area contributed by atoms with Gasteiger partial charge in [0, 0.05) is 11.7 Å². The van der Waals surface area contributed by atoms with E-state index in [-0.39, 0.29) is 11.8 Å². The predicted octanol–water partition coefficient (Wildman–Crippen LogP) is 4.10. The maximum Gasteiger partial charge on any atom is 0.178 e. The highest BCUT2D eigenvalue weighted by molar-refractivity contribution is 7.91. The molecule has 0 aliphatic carbocycles. The molecule has 0 saturated carbocycles. The molecule has 1 aromatic heterocycles. The molecule has 0 radical (unpaired) electrons. The fraction of sp³-hybridized carbons (Fsp3) is 0.333. The van der Waals surface area contributed by atoms with Crippen LogP contribution in [0.1, 0.15) is 31.9 Å². The summed E-state index contributed by atoms with van der Waals surface area (Å²) in [6, 6.07) is 9.29. The Morgan fingerprint density at radius 2 is 1.90 bits per heavy atom. The summed E-state index contributed by atoms with van der Waals surface area (Å²) >= 11 is 1.67. The fourth-order valence-corrected chi connectivity index (χ4v) is 4.08. The lowest BCUT2D eigenvalue weighted by Gasteiger charge is -2.14. The van der Waals surface area contributed by atoms with Gasteiger partial charge >= 0.3 is 0 Å². The largest absolute Gasteiger partial charge is 0.378 e. The average molecular weight is 309 g/mol. The maximum atomic E-state index is 11.9. The Balaban J connectivity index is 2.09. The van der Waals surface area contributed by atoms with Gasteiger partial charge in [0.15, 0.2) is 9.84 Å². The van der Waals surface area contributed by atoms with Gasteiger partial charge in [0.25, 0.3) is 0 Å². The van der Waals surface area contributed by atoms with Gasteiger partial charge in [-0.2, -0.15) is 11.3 Å². The third-order valence-electron chi connectivity index (χ3n) is 3.11. The molecule has 0 aliphatic rings. The lowest BCUT2D eigenvalue weighted by atomic mass is 10.2. The summed E-state index contributed by atoms with van der Waals surface area (Å²) in [6.07, 6.45) is 0.636. The lowest BCUT2D eigenvalue weighted by Crippen LogP contribution is -2.07. The Labute approximate surface area is 124 Å². The predicted molar refractivity (Wildman–Crippen MR) is 85.1 cm³/mol. The van der Waals surface area contributed by atoms with E-state index in [0.717, 1.165) is 5.69 Å². The van der Waals surface area contributed by atoms with Crippen LogP contribution in [0.4, 0.5) is 5.69 Å². The molecule has 0 aliphatic heterocycles. The van der Waals surface area contributed by atoms with Crippen LogP contribution in [0.2, 0.25) is 0 Å². The third-order valence-corrected chi connectivity index (χ3v) is 5.75. The topological polar surface area (TPSA) is 46.2 Å². The van der Waals surface area contributed by atoms with Gasteiger partial charge in [0.2, 0.25) is 0 Å². The van der Waals surface area contributed by atoms with Gasteiger partial charge in [-0.3, -0.25) is 0 Å². The molecule has 1 aromatic carbocycles. The number of rotatable bonds is 6. The number of hydrogen-bond acceptors (Lipinski definition) is 4. The summed E-state index contributed by atoms with van der Waals surface area (Å²) in [6.45, 7) is 3.96. The summed E-state index contributed by atoms with van der Waals surface area (Å²) in [5, 5.41) is 7.53. The zero-order valence-corrected chi connectivity index (χ0v) is 13.3. The molecule has 0 saturated heterocycles. The van der Waals surface area contributed by atoms with Crippen molar-refractivity contribution < 1.29 is 8.42 Å². The van der Waals surface area contributed by atoms with Crippen LogP contribution in [-0.4, -0.2) is 14.2 Å². The van der Waals surface area contributed by atoms with E-state index in [4.69, 9.17) is 0 Å². The van der Waals surface area contributed by atoms with Crippen LogP contribution in [0.15, 0.2) is 46.0 Å². The third kappa shape index (κ3) is 3.61. The Bertz CT molecular complexity index is 631. The van der Waals surface area contributed by atoms with Crippen LogP contribution in [0.25, 0.3) is 0 Å². The maximum absolute atomic E-state index is 11.9. The Kier molecular flexibility index (Phi) is 4.83. The van der Waals surface area contributed by atoms with Gasteiger partial charge in [0.05, 0.1) is 10.6 Å². The highest BCUT2D eigenvalue weighted by atomic mass is 32.2. The van der Waals surface area contributed by atoms with Crippen LogP contribution >= 0.6 is 11.3 Å². The Morgan fingerprint density at radius 3 is 2.45 bits per heavy atom. The molecule has 3 nitrogen and oxygen atoms in total. The van der Waals surface area contributed by atoms with Gasteiger partial charge in [-0.05, 0) is 60.0 Å². The van der Waals surface area contributed by atoms with E-state index < -0.39 is 9.84 Å². The van der Waals surface area contributed by atoms with Gasteiger partial charge in [-0.1, -0.05) is 6.92 Å². The molecule has 2 rings (SSSR count). The molecule has 1 unspecified atom stereocenters. The normalized spacial score (nSPS) is 13.1. The smallest absolute Gasteiger partial charge is 0.178 e. The monoisotopic (exact) mass is 309 g/mol. The summed E-state index contributed by atoms with van der Waals surface area (Å²) < 4.78 is 23.9. The van der Waals surface area contributed by atoms with Crippen molar-refractivity contribution in [1.29, 1.82) is 0 Å². The van der Waals surface area contributed by atoms with Crippen LogP contribution < -0.4 is 5.32 Å². The molecule has 1 heterocycles. The van der Waals surface area contributed by atoms with Crippen molar-refractivity contribution in [2.24, 2.45) is 0 Å². The van der Waals surface area contributed by atoms with Crippen LogP contribution in [0, 0.1) is 0 Å². The van der Waals surface area contributed by atoms with Gasteiger partial charge in [0.1, 0.15) is 0 Å². The molecule has 0 fully saturated rings. The SMILES string of the molecule is CCCS(=O)(=O)c1ccc(NC(C)c2ccsc2)cc1. The number of hydrogen-bond donors (Lipinski definition) is 1. The number of sulfone groups is 1. The molecule has 0 spiro atoms. The summed E-state index contributed by atoms with van der Waals surface area (Å²) in [5.41, 5.74) is 2.16. The Morgan fingerprint density at radius 1 is 1.20 bits per heavy atom. The van der Waals surface area contributed by atoms with Crippen molar-refractivity contribution in [1.82, 2.24) is 0 Å². The second-order valence-corrected chi connectivity index (χ2v) is 7.66. The zero-order valence-electron chi connectivity index (χ0n) is 11.7. The number of benzene rings is 1. The van der Waals surface area contributed by atoms with E-state index in [2.05, 4.69) is 23.7 Å². The van der Waals surface area contributed by atoms with Gasteiger partial charge < -0.3 is 5.32 Å². The van der Waals surface area contributed by atoms with E-state index >= 15 is 0 Å². The van der Waals surface area contributed by atoms with Gasteiger partial charge in [-0.15, -0.1) is 0 Å². The minimum Gasteiger partial charge on any atom is -0.378 e. The molecular formula is C15H19NO2S2. The van der Waals surface area contributed by atoms with Crippen molar-refractivity contribution in [3.8, 4) is 0 Å². The molecule has 0 amide bonds. The molecule has 2 aromatic rings. The summed E-state index contributed by atoms with van der Waals surface area (Å²) in [7, 11) is -3.12. The average Bonchev–Trinajstić information content (AvgIpc) is 2.93. The number of nitrogens with one attached hydrogen (secondary N) is 1. The first-order valence-corrected chi connectivity index (χ1v) is 9.24. The van der Waals surface area contributed by atoms with Crippen molar-refractivity contribution >= 4 is 26.9 Å². The van der Waals surface area contributed by atoms with E-state index in [1.165, 1.54) is 5.56 Å². The van der Waals surface area contributed by atoms with Crippen molar-refractivity contribution in [3.63, 3.8) is 0 Å². The first-order valence-electron chi connectivity index (χ1n) is 6.64. The standard InChI is InChI=1S/C15H19NO2S2/c1-3-10-20(17,18)15-6-4-14(5-7-15)16-12(2)13-8-9-19-11-13/h4-9,11-12,16H,3,10H2,1-2H3. The van der Waals surface area contributed by atoms with Crippen LogP contribution in [0.5, 0.6) is 0 Å². The van der Waals surface area contributed by atoms with Crippen LogP contribution in [0.3, 0.4) is 0 Å². The molecule has 1 atom stereocenters. The molecule has 0 bridgehead atoms. The first kappa shape index (κ1) is 15.1. The zero-order chi connectivity index (χ0) is 14.6. The van der Waals surface area contributed by atoms with Crippen molar-refractivity contribution in [3.05, 3.63) is 46.7 Å². The van der Waals surface area contributed by atoms with E-state index in [0.29, 0.717) is 11.3 Å². The Hall–Kier alpha value is -1.33. The number of anilines is 1. The van der Waals surface area contributed by atoms with Crippen LogP contribution in [-0.2, 0) is 9.84 Å². The molecule has 5 heteroatoms. The van der Waals surface area contributed by atoms with Crippen molar-refractivity contribution in [2.75, 3.05) is 11.1 Å². The lowest BCUT2D eigenvalue weighted by molar-refractivity contribution is 0.595. The second-order valence-electron chi connectivity index (χ2n) is 4.77. The van der Waals surface area contributed by atoms with E-state index in [1.807, 2.05) is 24.4 Å². The van der Waals surface area contributed by atoms with Gasteiger partial charge in [-0.25, -0.2) is 8.42 Å². The highest BCUT2D eigenvalue weighted by Crippen LogP contribution is 2.22. The minimum atomic E-state index is -3.12. The first-order chi connectivity index (χ1) is 9.53. The summed E-state index contributed by atoms with van der Waals surface area (Å²) in [5.74, 6) is 0.199. The van der Waals surface area contributed by atoms with Crippen molar-refractivity contribution in [2.45, 2.75) is 31.2 Å². The molecular weight excluding hydrogens is 290 g/mol. The molecule has 20 heavy (non-hydrogen) atoms. The summed E-state index contributed by atoms with van der Waals surface area (Å²) in [4.78, 5) is 0.396. The number of thiophene rings is 1. The second kappa shape index (κ2) is 6.41. The van der Waals surface area contributed by atoms with E-state index in [1.54, 1.807) is 23.5 Å². The molecule has 1 N–H and O–H groups in total. The van der Waals surface area contributed by atoms with E-state index in [9.17, 15) is 8.42 Å². The quantitative estimate of drug-likeness (QED) is 0.873.